The number of nitro groups is 1. The van der Waals surface area contributed by atoms with Crippen LogP contribution in [0.5, 0.6) is 11.6 Å². The molecule has 2 aliphatic rings. The van der Waals surface area contributed by atoms with E-state index in [1.807, 2.05) is 0 Å². The second-order valence-corrected chi connectivity index (χ2v) is 5.78. The third-order valence-corrected chi connectivity index (χ3v) is 4.04. The van der Waals surface area contributed by atoms with Gasteiger partial charge in [0.15, 0.2) is 5.75 Å². The lowest BCUT2D eigenvalue weighted by Gasteiger charge is -2.57. The van der Waals surface area contributed by atoms with E-state index < -0.39 is 4.92 Å². The molecule has 0 atom stereocenters. The molecule has 1 spiro atoms. The number of likely N-dealkylation sites (tertiary alicyclic amines) is 1. The number of hydrogen-bond donors (Lipinski definition) is 0. The van der Waals surface area contributed by atoms with Gasteiger partial charge in [0.25, 0.3) is 11.6 Å². The molecule has 1 aliphatic carbocycles. The number of methoxy groups -OCH3 is 1. The fourth-order valence-electron chi connectivity index (χ4n) is 3.26. The van der Waals surface area contributed by atoms with Gasteiger partial charge in [0.2, 0.25) is 0 Å². The molecule has 1 saturated carbocycles. The molecule has 0 unspecified atom stereocenters. The van der Waals surface area contributed by atoms with Crippen molar-refractivity contribution in [1.29, 1.82) is 0 Å². The number of ether oxygens (including phenoxy) is 2. The monoisotopic (exact) mass is 279 g/mol. The molecule has 1 aromatic heterocycles. The summed E-state index contributed by atoms with van der Waals surface area (Å²) in [4.78, 5) is 16.5. The van der Waals surface area contributed by atoms with E-state index in [0.717, 1.165) is 25.9 Å². The van der Waals surface area contributed by atoms with E-state index in [1.54, 1.807) is 0 Å². The molecule has 1 aliphatic heterocycles. The van der Waals surface area contributed by atoms with Gasteiger partial charge in [-0.3, -0.25) is 10.1 Å². The fraction of sp³-hybridized carbons (Fsp3) is 0.615. The molecule has 2 heterocycles. The zero-order valence-electron chi connectivity index (χ0n) is 11.5. The molecule has 7 nitrogen and oxygen atoms in total. The average molecular weight is 279 g/mol. The van der Waals surface area contributed by atoms with Crippen LogP contribution in [0.2, 0.25) is 0 Å². The number of aromatic nitrogens is 1. The molecule has 0 amide bonds. The van der Waals surface area contributed by atoms with Gasteiger partial charge in [-0.05, 0) is 19.9 Å². The highest BCUT2D eigenvalue weighted by atomic mass is 16.6. The summed E-state index contributed by atoms with van der Waals surface area (Å²) < 4.78 is 10.9. The minimum absolute atomic E-state index is 0.0973. The SMILES string of the molecule is COc1cc([N+](=O)[O-])cnc1OC1CC2(C1)CN(C)C2. The smallest absolute Gasteiger partial charge is 0.291 e. The van der Waals surface area contributed by atoms with E-state index in [2.05, 4.69) is 16.9 Å². The lowest BCUT2D eigenvalue weighted by Crippen LogP contribution is -2.63. The van der Waals surface area contributed by atoms with E-state index in [1.165, 1.54) is 19.4 Å². The van der Waals surface area contributed by atoms with Gasteiger partial charge >= 0.3 is 0 Å². The quantitative estimate of drug-likeness (QED) is 0.613. The van der Waals surface area contributed by atoms with Crippen molar-refractivity contribution in [2.45, 2.75) is 18.9 Å². The normalized spacial score (nSPS) is 21.1. The van der Waals surface area contributed by atoms with Gasteiger partial charge in [-0.1, -0.05) is 0 Å². The third-order valence-electron chi connectivity index (χ3n) is 4.04. The Balaban J connectivity index is 1.65. The summed E-state index contributed by atoms with van der Waals surface area (Å²) in [6, 6.07) is 1.34. The summed E-state index contributed by atoms with van der Waals surface area (Å²) >= 11 is 0. The molecule has 108 valence electrons. The second-order valence-electron chi connectivity index (χ2n) is 5.78. The van der Waals surface area contributed by atoms with Crippen molar-refractivity contribution in [2.75, 3.05) is 27.2 Å². The highest BCUT2D eigenvalue weighted by Gasteiger charge is 2.52. The van der Waals surface area contributed by atoms with Crippen LogP contribution in [0.25, 0.3) is 0 Å². The Bertz CT molecular complexity index is 534. The molecule has 0 N–H and O–H groups in total. The van der Waals surface area contributed by atoms with Crippen molar-refractivity contribution in [3.63, 3.8) is 0 Å². The highest BCUT2D eigenvalue weighted by Crippen LogP contribution is 2.49. The van der Waals surface area contributed by atoms with E-state index >= 15 is 0 Å². The molecule has 1 aromatic rings. The summed E-state index contributed by atoms with van der Waals surface area (Å²) in [5, 5.41) is 10.7. The molecular formula is C13H17N3O4. The van der Waals surface area contributed by atoms with Crippen LogP contribution in [0.15, 0.2) is 12.3 Å². The van der Waals surface area contributed by atoms with E-state index in [0.29, 0.717) is 17.0 Å². The molecule has 0 radical (unpaired) electrons. The van der Waals surface area contributed by atoms with Crippen LogP contribution >= 0.6 is 0 Å². The Morgan fingerprint density at radius 1 is 1.50 bits per heavy atom. The Morgan fingerprint density at radius 2 is 2.20 bits per heavy atom. The zero-order chi connectivity index (χ0) is 14.3. The van der Waals surface area contributed by atoms with Crippen molar-refractivity contribution in [3.8, 4) is 11.6 Å². The van der Waals surface area contributed by atoms with Crippen LogP contribution in [0, 0.1) is 15.5 Å². The minimum atomic E-state index is -0.498. The van der Waals surface area contributed by atoms with Crippen molar-refractivity contribution in [2.24, 2.45) is 5.41 Å². The van der Waals surface area contributed by atoms with Gasteiger partial charge < -0.3 is 14.4 Å². The van der Waals surface area contributed by atoms with Crippen molar-refractivity contribution < 1.29 is 14.4 Å². The van der Waals surface area contributed by atoms with Gasteiger partial charge in [-0.25, -0.2) is 4.98 Å². The predicted molar refractivity (Wildman–Crippen MR) is 71.0 cm³/mol. The maximum Gasteiger partial charge on any atom is 0.291 e. The fourth-order valence-corrected chi connectivity index (χ4v) is 3.26. The van der Waals surface area contributed by atoms with Gasteiger partial charge in [-0.15, -0.1) is 0 Å². The van der Waals surface area contributed by atoms with E-state index in [4.69, 9.17) is 9.47 Å². The molecular weight excluding hydrogens is 262 g/mol. The predicted octanol–water partition coefficient (Wildman–Crippen LogP) is 1.47. The number of hydrogen-bond acceptors (Lipinski definition) is 6. The Kier molecular flexibility index (Phi) is 3.01. The average Bonchev–Trinajstić information content (AvgIpc) is 2.34. The van der Waals surface area contributed by atoms with Crippen molar-refractivity contribution in [1.82, 2.24) is 9.88 Å². The number of nitrogens with zero attached hydrogens (tertiary/aromatic N) is 3. The summed E-state index contributed by atoms with van der Waals surface area (Å²) in [6.07, 6.45) is 3.36. The topological polar surface area (TPSA) is 77.7 Å². The summed E-state index contributed by atoms with van der Waals surface area (Å²) in [5.74, 6) is 0.650. The van der Waals surface area contributed by atoms with E-state index in [9.17, 15) is 10.1 Å². The molecule has 7 heteroatoms. The summed E-state index contributed by atoms with van der Waals surface area (Å²) in [7, 11) is 3.57. The number of pyridine rings is 1. The first-order valence-corrected chi connectivity index (χ1v) is 6.55. The van der Waals surface area contributed by atoms with E-state index in [-0.39, 0.29) is 11.8 Å². The van der Waals surface area contributed by atoms with Crippen molar-refractivity contribution >= 4 is 5.69 Å². The molecule has 3 rings (SSSR count). The van der Waals surface area contributed by atoms with Crippen LogP contribution < -0.4 is 9.47 Å². The Morgan fingerprint density at radius 3 is 2.75 bits per heavy atom. The lowest BCUT2D eigenvalue weighted by molar-refractivity contribution is -0.385. The van der Waals surface area contributed by atoms with Gasteiger partial charge in [-0.2, -0.15) is 0 Å². The number of rotatable bonds is 4. The summed E-state index contributed by atoms with van der Waals surface area (Å²) in [5.41, 5.74) is 0.327. The highest BCUT2D eigenvalue weighted by molar-refractivity contribution is 5.42. The van der Waals surface area contributed by atoms with Gasteiger partial charge in [0.1, 0.15) is 12.3 Å². The Labute approximate surface area is 116 Å². The van der Waals surface area contributed by atoms with Crippen LogP contribution in [0.1, 0.15) is 12.8 Å². The second kappa shape index (κ2) is 4.59. The first-order valence-electron chi connectivity index (χ1n) is 6.55. The van der Waals surface area contributed by atoms with Gasteiger partial charge in [0, 0.05) is 18.5 Å². The zero-order valence-corrected chi connectivity index (χ0v) is 11.5. The minimum Gasteiger partial charge on any atom is -0.491 e. The molecule has 2 fully saturated rings. The van der Waals surface area contributed by atoms with Crippen LogP contribution in [0.4, 0.5) is 5.69 Å². The largest absolute Gasteiger partial charge is 0.491 e. The van der Waals surface area contributed by atoms with Crippen LogP contribution in [-0.4, -0.2) is 48.2 Å². The first-order chi connectivity index (χ1) is 9.51. The lowest BCUT2D eigenvalue weighted by atomic mass is 9.62. The van der Waals surface area contributed by atoms with Crippen molar-refractivity contribution in [3.05, 3.63) is 22.4 Å². The first kappa shape index (κ1) is 13.1. The molecule has 0 bridgehead atoms. The standard InChI is InChI=1S/C13H17N3O4/c1-15-7-13(8-15)4-10(5-13)20-12-11(19-2)3-9(6-14-12)16(17)18/h3,6,10H,4-5,7-8H2,1-2H3. The van der Waals surface area contributed by atoms with Crippen LogP contribution in [0.3, 0.4) is 0 Å². The summed E-state index contributed by atoms with van der Waals surface area (Å²) in [6.45, 7) is 2.25. The van der Waals surface area contributed by atoms with Gasteiger partial charge in [0.05, 0.1) is 18.1 Å². The van der Waals surface area contributed by atoms with Crippen LogP contribution in [-0.2, 0) is 0 Å². The third kappa shape index (κ3) is 2.18. The molecule has 20 heavy (non-hydrogen) atoms. The maximum atomic E-state index is 10.7. The molecule has 0 aromatic carbocycles. The molecule has 1 saturated heterocycles. The maximum absolute atomic E-state index is 10.7. The Hall–Kier alpha value is -1.89.